The highest BCUT2D eigenvalue weighted by Crippen LogP contribution is 2.29. The van der Waals surface area contributed by atoms with Gasteiger partial charge in [-0.25, -0.2) is 0 Å². The Bertz CT molecular complexity index is 482. The van der Waals surface area contributed by atoms with Crippen molar-refractivity contribution in [1.82, 2.24) is 0 Å². The molecular formula is C18H26N2O. The summed E-state index contributed by atoms with van der Waals surface area (Å²) < 4.78 is 0. The van der Waals surface area contributed by atoms with Crippen molar-refractivity contribution in [2.24, 2.45) is 11.8 Å². The van der Waals surface area contributed by atoms with Gasteiger partial charge in [0.15, 0.2) is 0 Å². The van der Waals surface area contributed by atoms with Crippen LogP contribution in [0.4, 0.5) is 11.4 Å². The molecule has 1 saturated carbocycles. The van der Waals surface area contributed by atoms with E-state index in [0.29, 0.717) is 6.42 Å². The van der Waals surface area contributed by atoms with E-state index in [1.165, 1.54) is 31.4 Å². The summed E-state index contributed by atoms with van der Waals surface area (Å²) in [7, 11) is 0. The summed E-state index contributed by atoms with van der Waals surface area (Å²) in [4.78, 5) is 13.6. The highest BCUT2D eigenvalue weighted by atomic mass is 16.2. The third-order valence-corrected chi connectivity index (χ3v) is 4.89. The molecule has 2 unspecified atom stereocenters. The van der Waals surface area contributed by atoms with Gasteiger partial charge in [0.1, 0.15) is 0 Å². The minimum absolute atomic E-state index is 0.256. The first-order chi connectivity index (χ1) is 10.2. The van der Waals surface area contributed by atoms with Gasteiger partial charge in [0, 0.05) is 30.9 Å². The third-order valence-electron chi connectivity index (χ3n) is 4.89. The topological polar surface area (TPSA) is 32.3 Å². The van der Waals surface area contributed by atoms with Crippen LogP contribution in [0.1, 0.15) is 45.4 Å². The standard InChI is InChI=1S/C18H26N2O/c1-14-4-2-5-15(12-14)13-19-16-7-9-17(10-8-16)20-11-3-6-18(20)21/h7-10,14-15,19H,2-6,11-13H2,1H3. The highest BCUT2D eigenvalue weighted by Gasteiger charge is 2.21. The Kier molecular flexibility index (Phi) is 4.47. The molecule has 0 radical (unpaired) electrons. The van der Waals surface area contributed by atoms with Gasteiger partial charge in [-0.3, -0.25) is 4.79 Å². The maximum Gasteiger partial charge on any atom is 0.227 e. The summed E-state index contributed by atoms with van der Waals surface area (Å²) in [6.07, 6.45) is 7.17. The number of carbonyl (C=O) groups is 1. The lowest BCUT2D eigenvalue weighted by atomic mass is 9.82. The van der Waals surface area contributed by atoms with E-state index in [0.717, 1.165) is 37.0 Å². The third kappa shape index (κ3) is 3.58. The van der Waals surface area contributed by atoms with Crippen molar-refractivity contribution < 1.29 is 4.79 Å². The van der Waals surface area contributed by atoms with Crippen LogP contribution in [-0.4, -0.2) is 19.0 Å². The van der Waals surface area contributed by atoms with Crippen LogP contribution in [0.3, 0.4) is 0 Å². The zero-order valence-electron chi connectivity index (χ0n) is 13.0. The lowest BCUT2D eigenvalue weighted by Gasteiger charge is -2.27. The predicted octanol–water partition coefficient (Wildman–Crippen LogP) is 4.05. The van der Waals surface area contributed by atoms with Gasteiger partial charge in [0.2, 0.25) is 5.91 Å². The Morgan fingerprint density at radius 2 is 2.00 bits per heavy atom. The second kappa shape index (κ2) is 6.50. The molecule has 0 bridgehead atoms. The predicted molar refractivity (Wildman–Crippen MR) is 87.6 cm³/mol. The molecule has 1 aliphatic carbocycles. The van der Waals surface area contributed by atoms with E-state index in [2.05, 4.69) is 36.5 Å². The fraction of sp³-hybridized carbons (Fsp3) is 0.611. The van der Waals surface area contributed by atoms with E-state index in [1.807, 2.05) is 4.90 Å². The van der Waals surface area contributed by atoms with Gasteiger partial charge in [-0.1, -0.05) is 19.8 Å². The van der Waals surface area contributed by atoms with Gasteiger partial charge in [-0.15, -0.1) is 0 Å². The number of rotatable bonds is 4. The molecule has 21 heavy (non-hydrogen) atoms. The van der Waals surface area contributed by atoms with Gasteiger partial charge in [0.25, 0.3) is 0 Å². The minimum Gasteiger partial charge on any atom is -0.385 e. The Morgan fingerprint density at radius 3 is 2.67 bits per heavy atom. The van der Waals surface area contributed by atoms with Crippen LogP contribution in [0.2, 0.25) is 0 Å². The molecule has 1 saturated heterocycles. The summed E-state index contributed by atoms with van der Waals surface area (Å²) in [5.74, 6) is 1.95. The minimum atomic E-state index is 0.256. The van der Waals surface area contributed by atoms with Crippen LogP contribution in [0.5, 0.6) is 0 Å². The Balaban J connectivity index is 1.53. The summed E-state index contributed by atoms with van der Waals surface area (Å²) in [6.45, 7) is 4.31. The van der Waals surface area contributed by atoms with Crippen LogP contribution in [-0.2, 0) is 4.79 Å². The second-order valence-corrected chi connectivity index (χ2v) is 6.71. The van der Waals surface area contributed by atoms with Crippen LogP contribution < -0.4 is 10.2 Å². The van der Waals surface area contributed by atoms with Crippen molar-refractivity contribution in [2.75, 3.05) is 23.3 Å². The molecule has 1 N–H and O–H groups in total. The van der Waals surface area contributed by atoms with Gasteiger partial charge in [-0.2, -0.15) is 0 Å². The van der Waals surface area contributed by atoms with Crippen molar-refractivity contribution in [3.8, 4) is 0 Å². The fourth-order valence-electron chi connectivity index (χ4n) is 3.69. The number of carbonyl (C=O) groups excluding carboxylic acids is 1. The number of anilines is 2. The quantitative estimate of drug-likeness (QED) is 0.905. The first-order valence-electron chi connectivity index (χ1n) is 8.36. The van der Waals surface area contributed by atoms with Gasteiger partial charge in [0.05, 0.1) is 0 Å². The monoisotopic (exact) mass is 286 g/mol. The van der Waals surface area contributed by atoms with Gasteiger partial charge >= 0.3 is 0 Å². The largest absolute Gasteiger partial charge is 0.385 e. The zero-order chi connectivity index (χ0) is 14.7. The molecule has 2 atom stereocenters. The molecule has 0 spiro atoms. The normalized spacial score (nSPS) is 26.1. The van der Waals surface area contributed by atoms with E-state index >= 15 is 0 Å². The van der Waals surface area contributed by atoms with Crippen LogP contribution in [0.25, 0.3) is 0 Å². The van der Waals surface area contributed by atoms with Crippen molar-refractivity contribution >= 4 is 17.3 Å². The first kappa shape index (κ1) is 14.4. The SMILES string of the molecule is CC1CCCC(CNc2ccc(N3CCCC3=O)cc2)C1. The molecule has 1 heterocycles. The first-order valence-corrected chi connectivity index (χ1v) is 8.36. The van der Waals surface area contributed by atoms with Crippen LogP contribution in [0.15, 0.2) is 24.3 Å². The van der Waals surface area contributed by atoms with Crippen LogP contribution in [0, 0.1) is 11.8 Å². The number of benzene rings is 1. The molecule has 2 aliphatic rings. The van der Waals surface area contributed by atoms with E-state index in [4.69, 9.17) is 0 Å². The molecule has 2 fully saturated rings. The number of nitrogens with one attached hydrogen (secondary N) is 1. The average Bonchev–Trinajstić information content (AvgIpc) is 2.92. The fourth-order valence-corrected chi connectivity index (χ4v) is 3.69. The molecule has 3 nitrogen and oxygen atoms in total. The highest BCUT2D eigenvalue weighted by molar-refractivity contribution is 5.95. The van der Waals surface area contributed by atoms with Gasteiger partial charge in [-0.05, 0) is 55.4 Å². The number of nitrogens with zero attached hydrogens (tertiary/aromatic N) is 1. The molecule has 1 aromatic carbocycles. The maximum atomic E-state index is 11.7. The Labute approximate surface area is 127 Å². The molecule has 3 rings (SSSR count). The summed E-state index contributed by atoms with van der Waals surface area (Å²) in [5, 5.41) is 3.56. The molecule has 1 amide bonds. The number of hydrogen-bond acceptors (Lipinski definition) is 2. The van der Waals surface area contributed by atoms with Crippen molar-refractivity contribution in [1.29, 1.82) is 0 Å². The second-order valence-electron chi connectivity index (χ2n) is 6.71. The summed E-state index contributed by atoms with van der Waals surface area (Å²) in [5.41, 5.74) is 2.21. The van der Waals surface area contributed by atoms with Crippen molar-refractivity contribution in [2.45, 2.75) is 45.4 Å². The van der Waals surface area contributed by atoms with E-state index < -0.39 is 0 Å². The van der Waals surface area contributed by atoms with E-state index in [-0.39, 0.29) is 5.91 Å². The van der Waals surface area contributed by atoms with Crippen LogP contribution >= 0.6 is 0 Å². The van der Waals surface area contributed by atoms with E-state index in [9.17, 15) is 4.79 Å². The lowest BCUT2D eigenvalue weighted by molar-refractivity contribution is -0.117. The molecular weight excluding hydrogens is 260 g/mol. The Hall–Kier alpha value is -1.51. The molecule has 1 aromatic rings. The summed E-state index contributed by atoms with van der Waals surface area (Å²) in [6, 6.07) is 8.34. The number of hydrogen-bond donors (Lipinski definition) is 1. The Morgan fingerprint density at radius 1 is 1.19 bits per heavy atom. The number of amides is 1. The van der Waals surface area contributed by atoms with Crippen molar-refractivity contribution in [3.63, 3.8) is 0 Å². The summed E-state index contributed by atoms with van der Waals surface area (Å²) >= 11 is 0. The molecule has 3 heteroatoms. The molecule has 1 aliphatic heterocycles. The van der Waals surface area contributed by atoms with Crippen molar-refractivity contribution in [3.05, 3.63) is 24.3 Å². The molecule has 114 valence electrons. The van der Waals surface area contributed by atoms with E-state index in [1.54, 1.807) is 0 Å². The zero-order valence-corrected chi connectivity index (χ0v) is 13.0. The lowest BCUT2D eigenvalue weighted by Crippen LogP contribution is -2.23. The van der Waals surface area contributed by atoms with Gasteiger partial charge < -0.3 is 10.2 Å². The molecule has 0 aromatic heterocycles. The smallest absolute Gasteiger partial charge is 0.227 e. The average molecular weight is 286 g/mol. The maximum absolute atomic E-state index is 11.7.